The summed E-state index contributed by atoms with van der Waals surface area (Å²) < 4.78 is 65.3. The summed E-state index contributed by atoms with van der Waals surface area (Å²) in [6, 6.07) is 10.7. The van der Waals surface area contributed by atoms with E-state index >= 15 is 0 Å². The fourth-order valence-electron chi connectivity index (χ4n) is 3.02. The summed E-state index contributed by atoms with van der Waals surface area (Å²) in [6.45, 7) is 1.83. The van der Waals surface area contributed by atoms with Gasteiger partial charge in [-0.25, -0.2) is 14.3 Å². The zero-order chi connectivity index (χ0) is 23.3. The average Bonchev–Trinajstić information content (AvgIpc) is 3.26. The van der Waals surface area contributed by atoms with E-state index in [1.165, 1.54) is 29.5 Å². The molecular formula is C19H12F3N3O5S2. The van der Waals surface area contributed by atoms with Gasteiger partial charge in [0.15, 0.2) is 0 Å². The van der Waals surface area contributed by atoms with Crippen molar-refractivity contribution in [2.24, 2.45) is 0 Å². The van der Waals surface area contributed by atoms with Crippen LogP contribution in [0.25, 0.3) is 32.9 Å². The van der Waals surface area contributed by atoms with Crippen molar-refractivity contribution in [3.8, 4) is 27.8 Å². The highest BCUT2D eigenvalue weighted by Crippen LogP contribution is 2.36. The van der Waals surface area contributed by atoms with Crippen molar-refractivity contribution in [2.75, 3.05) is 0 Å². The molecule has 0 fully saturated rings. The molecule has 0 saturated heterocycles. The van der Waals surface area contributed by atoms with Crippen molar-refractivity contribution in [2.45, 2.75) is 12.4 Å². The Balaban J connectivity index is 1.81. The van der Waals surface area contributed by atoms with Crippen LogP contribution in [0.1, 0.15) is 4.88 Å². The molecule has 0 saturated carbocycles. The first kappa shape index (κ1) is 21.8. The normalized spacial score (nSPS) is 12.2. The second-order valence-electron chi connectivity index (χ2n) is 6.50. The molecule has 3 heterocycles. The highest BCUT2D eigenvalue weighted by Gasteiger charge is 2.49. The maximum Gasteiger partial charge on any atom is 0.534 e. The Morgan fingerprint density at radius 1 is 1.19 bits per heavy atom. The maximum absolute atomic E-state index is 12.7. The predicted molar refractivity (Wildman–Crippen MR) is 110 cm³/mol. The SMILES string of the molecule is Cc1sc(-c2ccccn2)nc1-c1ccc2c(c1)cc(OS(=O)(=O)C(F)(F)F)n2C(=O)O. The first-order valence-corrected chi connectivity index (χ1v) is 11.0. The Kier molecular flexibility index (Phi) is 5.17. The van der Waals surface area contributed by atoms with E-state index < -0.39 is 27.6 Å². The Labute approximate surface area is 182 Å². The van der Waals surface area contributed by atoms with Crippen molar-refractivity contribution in [1.29, 1.82) is 0 Å². The number of aryl methyl sites for hydroxylation is 1. The zero-order valence-electron chi connectivity index (χ0n) is 16.0. The number of fused-ring (bicyclic) bond motifs is 1. The summed E-state index contributed by atoms with van der Waals surface area (Å²) in [7, 11) is -6.05. The van der Waals surface area contributed by atoms with Gasteiger partial charge in [0.1, 0.15) is 5.01 Å². The second-order valence-corrected chi connectivity index (χ2v) is 9.24. The van der Waals surface area contributed by atoms with Crippen molar-refractivity contribution in [3.05, 3.63) is 53.5 Å². The van der Waals surface area contributed by atoms with Crippen LogP contribution in [-0.4, -0.2) is 39.7 Å². The smallest absolute Gasteiger partial charge is 0.464 e. The molecule has 0 bridgehead atoms. The largest absolute Gasteiger partial charge is 0.534 e. The molecule has 0 radical (unpaired) electrons. The Morgan fingerprint density at radius 3 is 2.56 bits per heavy atom. The Bertz CT molecular complexity index is 1440. The van der Waals surface area contributed by atoms with E-state index in [9.17, 15) is 31.5 Å². The molecule has 8 nitrogen and oxygen atoms in total. The first-order chi connectivity index (χ1) is 15.0. The third kappa shape index (κ3) is 3.80. The number of hydrogen-bond donors (Lipinski definition) is 1. The summed E-state index contributed by atoms with van der Waals surface area (Å²) in [4.78, 5) is 21.2. The number of carboxylic acid groups (broad SMARTS) is 1. The lowest BCUT2D eigenvalue weighted by Gasteiger charge is -2.10. The molecule has 0 aliphatic rings. The Hall–Kier alpha value is -3.45. The molecule has 1 aromatic carbocycles. The van der Waals surface area contributed by atoms with E-state index in [1.54, 1.807) is 18.3 Å². The minimum atomic E-state index is -6.05. The number of carbonyl (C=O) groups is 1. The van der Waals surface area contributed by atoms with E-state index in [0.29, 0.717) is 26.5 Å². The molecule has 0 amide bonds. The minimum absolute atomic E-state index is 0.0496. The molecule has 4 aromatic rings. The third-order valence-electron chi connectivity index (χ3n) is 4.39. The molecule has 0 spiro atoms. The summed E-state index contributed by atoms with van der Waals surface area (Å²) >= 11 is 1.39. The monoisotopic (exact) mass is 483 g/mol. The van der Waals surface area contributed by atoms with Gasteiger partial charge in [-0.15, -0.1) is 11.3 Å². The molecule has 1 N–H and O–H groups in total. The van der Waals surface area contributed by atoms with Crippen LogP contribution in [-0.2, 0) is 10.1 Å². The van der Waals surface area contributed by atoms with E-state index in [1.807, 2.05) is 13.0 Å². The van der Waals surface area contributed by atoms with Crippen molar-refractivity contribution in [3.63, 3.8) is 0 Å². The van der Waals surface area contributed by atoms with Crippen molar-refractivity contribution in [1.82, 2.24) is 14.5 Å². The van der Waals surface area contributed by atoms with E-state index in [4.69, 9.17) is 0 Å². The van der Waals surface area contributed by atoms with Crippen LogP contribution < -0.4 is 4.18 Å². The molecule has 0 atom stereocenters. The molecular weight excluding hydrogens is 471 g/mol. The summed E-state index contributed by atoms with van der Waals surface area (Å²) in [6.07, 6.45) is -0.0782. The number of halogens is 3. The minimum Gasteiger partial charge on any atom is -0.464 e. The topological polar surface area (TPSA) is 111 Å². The van der Waals surface area contributed by atoms with Crippen LogP contribution in [0.3, 0.4) is 0 Å². The molecule has 3 aromatic heterocycles. The number of alkyl halides is 3. The number of nitrogens with zero attached hydrogens (tertiary/aromatic N) is 3. The number of hydrogen-bond acceptors (Lipinski definition) is 7. The van der Waals surface area contributed by atoms with Crippen LogP contribution in [0, 0.1) is 6.92 Å². The number of pyridine rings is 1. The average molecular weight is 483 g/mol. The van der Waals surface area contributed by atoms with Gasteiger partial charge in [0, 0.05) is 28.1 Å². The van der Waals surface area contributed by atoms with Crippen LogP contribution in [0.5, 0.6) is 5.88 Å². The highest BCUT2D eigenvalue weighted by molar-refractivity contribution is 7.88. The van der Waals surface area contributed by atoms with Gasteiger partial charge in [0.25, 0.3) is 0 Å². The summed E-state index contributed by atoms with van der Waals surface area (Å²) in [5.41, 5.74) is -3.96. The lowest BCUT2D eigenvalue weighted by molar-refractivity contribution is -0.0502. The van der Waals surface area contributed by atoms with Crippen LogP contribution >= 0.6 is 11.3 Å². The van der Waals surface area contributed by atoms with E-state index in [0.717, 1.165) is 10.9 Å². The number of thiazole rings is 1. The van der Waals surface area contributed by atoms with Gasteiger partial charge in [0.2, 0.25) is 5.88 Å². The lowest BCUT2D eigenvalue weighted by atomic mass is 10.1. The number of aromatic nitrogens is 3. The summed E-state index contributed by atoms with van der Waals surface area (Å²) in [5, 5.41) is 10.2. The van der Waals surface area contributed by atoms with Crippen LogP contribution in [0.2, 0.25) is 0 Å². The second kappa shape index (κ2) is 7.60. The van der Waals surface area contributed by atoms with Gasteiger partial charge < -0.3 is 9.29 Å². The molecule has 166 valence electrons. The maximum atomic E-state index is 12.7. The standard InChI is InChI=1S/C19H12F3N3O5S2/c1-10-16(24-17(31-10)13-4-2-3-7-23-13)11-5-6-14-12(8-11)9-15(25(14)18(26)27)30-32(28,29)19(20,21)22/h2-9H,1H3,(H,26,27). The lowest BCUT2D eigenvalue weighted by Crippen LogP contribution is -2.29. The van der Waals surface area contributed by atoms with Crippen molar-refractivity contribution < 1.29 is 35.7 Å². The molecule has 0 unspecified atom stereocenters. The highest BCUT2D eigenvalue weighted by atomic mass is 32.2. The quantitative estimate of drug-likeness (QED) is 0.325. The van der Waals surface area contributed by atoms with Crippen LogP contribution in [0.15, 0.2) is 48.7 Å². The van der Waals surface area contributed by atoms with Gasteiger partial charge in [-0.1, -0.05) is 12.1 Å². The van der Waals surface area contributed by atoms with Gasteiger partial charge in [-0.2, -0.15) is 21.6 Å². The van der Waals surface area contributed by atoms with E-state index in [2.05, 4.69) is 14.2 Å². The number of benzene rings is 1. The van der Waals surface area contributed by atoms with Crippen molar-refractivity contribution >= 4 is 38.5 Å². The molecule has 4 rings (SSSR count). The molecule has 0 aliphatic carbocycles. The van der Waals surface area contributed by atoms with E-state index in [-0.39, 0.29) is 10.9 Å². The third-order valence-corrected chi connectivity index (χ3v) is 6.34. The van der Waals surface area contributed by atoms with Crippen LogP contribution in [0.4, 0.5) is 18.0 Å². The molecule has 0 aliphatic heterocycles. The molecule has 13 heteroatoms. The zero-order valence-corrected chi connectivity index (χ0v) is 17.6. The first-order valence-electron chi connectivity index (χ1n) is 8.77. The molecule has 32 heavy (non-hydrogen) atoms. The fourth-order valence-corrected chi connectivity index (χ4v) is 4.37. The predicted octanol–water partition coefficient (Wildman–Crippen LogP) is 4.89. The van der Waals surface area contributed by atoms with Gasteiger partial charge in [-0.05, 0) is 31.2 Å². The Morgan fingerprint density at radius 2 is 1.94 bits per heavy atom. The number of rotatable bonds is 4. The van der Waals surface area contributed by atoms with Gasteiger partial charge in [0.05, 0.1) is 16.9 Å². The van der Waals surface area contributed by atoms with Gasteiger partial charge in [-0.3, -0.25) is 4.98 Å². The fraction of sp³-hybridized carbons (Fsp3) is 0.105. The summed E-state index contributed by atoms with van der Waals surface area (Å²) in [5.74, 6) is -0.994. The van der Waals surface area contributed by atoms with Gasteiger partial charge >= 0.3 is 21.7 Å².